The van der Waals surface area contributed by atoms with Crippen LogP contribution < -0.4 is 11.4 Å². The van der Waals surface area contributed by atoms with Crippen LogP contribution in [0.5, 0.6) is 0 Å². The fourth-order valence-electron chi connectivity index (χ4n) is 0.385. The molecule has 1 rings (SSSR count). The summed E-state index contributed by atoms with van der Waals surface area (Å²) in [7, 11) is 0. The Labute approximate surface area is 73.8 Å². The van der Waals surface area contributed by atoms with Crippen LogP contribution in [0.15, 0.2) is 17.1 Å². The number of aromatic nitrogens is 2. The first-order chi connectivity index (χ1) is 3.79. The zero-order valence-corrected chi connectivity index (χ0v) is 7.09. The second-order valence-corrected chi connectivity index (χ2v) is 1.32. The van der Waals surface area contributed by atoms with Gasteiger partial charge in [0.05, 0.1) is 0 Å². The van der Waals surface area contributed by atoms with Crippen molar-refractivity contribution in [3.8, 4) is 0 Å². The van der Waals surface area contributed by atoms with E-state index in [1.165, 1.54) is 12.3 Å². The van der Waals surface area contributed by atoms with Gasteiger partial charge in [-0.2, -0.15) is 4.98 Å². The number of rotatable bonds is 0. The first kappa shape index (κ1) is 8.68. The summed E-state index contributed by atoms with van der Waals surface area (Å²) in [5.74, 6) is 0.244. The predicted molar refractivity (Wildman–Crippen MR) is 35.0 cm³/mol. The smallest absolute Gasteiger partial charge is 0.346 e. The molecule has 0 aromatic carbocycles. The maximum Gasteiger partial charge on any atom is 0.346 e. The maximum absolute atomic E-state index is 10.2. The molecule has 0 atom stereocenters. The van der Waals surface area contributed by atoms with Gasteiger partial charge < -0.3 is 10.7 Å². The second-order valence-electron chi connectivity index (χ2n) is 1.32. The first-order valence-corrected chi connectivity index (χ1v) is 2.10. The number of nitrogen functional groups attached to an aromatic ring is 1. The van der Waals surface area contributed by atoms with Crippen molar-refractivity contribution in [3.63, 3.8) is 0 Å². The molecule has 0 aliphatic rings. The molecule has 0 spiro atoms. The van der Waals surface area contributed by atoms with E-state index in [0.29, 0.717) is 0 Å². The third kappa shape index (κ3) is 2.64. The molecule has 0 fully saturated rings. The number of H-pyrrole nitrogens is 1. The third-order valence-electron chi connectivity index (χ3n) is 0.692. The molecule has 1 aromatic rings. The van der Waals surface area contributed by atoms with Crippen LogP contribution >= 0.6 is 0 Å². The Morgan fingerprint density at radius 1 is 1.67 bits per heavy atom. The average Bonchev–Trinajstić information content (AvgIpc) is 1.64. The van der Waals surface area contributed by atoms with E-state index >= 15 is 0 Å². The largest absolute Gasteiger partial charge is 0.383 e. The van der Waals surface area contributed by atoms with Crippen LogP contribution in [-0.4, -0.2) is 39.5 Å². The standard InChI is InChI=1S/C4H5N3O.Na/c5-3-1-2-6-4(8)7-3;/h1-2H,(H3,5,6,7,8);. The van der Waals surface area contributed by atoms with Crippen LogP contribution in [0.25, 0.3) is 0 Å². The molecule has 0 unspecified atom stereocenters. The van der Waals surface area contributed by atoms with E-state index in [0.717, 1.165) is 0 Å². The van der Waals surface area contributed by atoms with E-state index in [2.05, 4.69) is 9.97 Å². The summed E-state index contributed by atoms with van der Waals surface area (Å²) in [5, 5.41) is 0. The Bertz CT molecular complexity index is 233. The van der Waals surface area contributed by atoms with Crippen molar-refractivity contribution in [1.29, 1.82) is 0 Å². The Morgan fingerprint density at radius 2 is 2.33 bits per heavy atom. The number of nitrogens with two attached hydrogens (primary N) is 1. The molecular formula is C4H5N3NaO. The van der Waals surface area contributed by atoms with Gasteiger partial charge >= 0.3 is 5.69 Å². The van der Waals surface area contributed by atoms with E-state index in [9.17, 15) is 4.79 Å². The Hall–Kier alpha value is -0.320. The molecule has 5 heteroatoms. The molecule has 1 radical (unpaired) electrons. The summed E-state index contributed by atoms with van der Waals surface area (Å²) in [6, 6.07) is 1.52. The van der Waals surface area contributed by atoms with Gasteiger partial charge in [-0.25, -0.2) is 4.79 Å². The Balaban J connectivity index is 0.000000640. The molecule has 0 aliphatic heterocycles. The molecule has 0 amide bonds. The average molecular weight is 134 g/mol. The topological polar surface area (TPSA) is 71.8 Å². The number of aromatic amines is 1. The first-order valence-electron chi connectivity index (χ1n) is 2.10. The molecule has 0 saturated carbocycles. The van der Waals surface area contributed by atoms with Crippen LogP contribution in [0.4, 0.5) is 5.82 Å². The van der Waals surface area contributed by atoms with Crippen LogP contribution in [0.3, 0.4) is 0 Å². The van der Waals surface area contributed by atoms with Gasteiger partial charge in [0.25, 0.3) is 0 Å². The Kier molecular flexibility index (Phi) is 3.53. The molecular weight excluding hydrogens is 129 g/mol. The normalized spacial score (nSPS) is 8.00. The summed E-state index contributed by atoms with van der Waals surface area (Å²) in [4.78, 5) is 15.9. The van der Waals surface area contributed by atoms with Crippen molar-refractivity contribution in [2.24, 2.45) is 0 Å². The summed E-state index contributed by atoms with van der Waals surface area (Å²) < 4.78 is 0. The fraction of sp³-hybridized carbons (Fsp3) is 0. The summed E-state index contributed by atoms with van der Waals surface area (Å²) >= 11 is 0. The zero-order valence-electron chi connectivity index (χ0n) is 5.09. The predicted octanol–water partition coefficient (Wildman–Crippen LogP) is -1.03. The van der Waals surface area contributed by atoms with Crippen LogP contribution in [-0.2, 0) is 0 Å². The third-order valence-corrected chi connectivity index (χ3v) is 0.692. The van der Waals surface area contributed by atoms with Gasteiger partial charge in [-0.05, 0) is 6.07 Å². The number of nitrogens with zero attached hydrogens (tertiary/aromatic N) is 1. The van der Waals surface area contributed by atoms with E-state index in [1.54, 1.807) is 0 Å². The van der Waals surface area contributed by atoms with Crippen molar-refractivity contribution in [3.05, 3.63) is 22.7 Å². The molecule has 4 nitrogen and oxygen atoms in total. The van der Waals surface area contributed by atoms with E-state index in [4.69, 9.17) is 5.73 Å². The van der Waals surface area contributed by atoms with Crippen molar-refractivity contribution in [1.82, 2.24) is 9.97 Å². The van der Waals surface area contributed by atoms with E-state index < -0.39 is 5.69 Å². The number of hydrogen-bond donors (Lipinski definition) is 2. The van der Waals surface area contributed by atoms with Gasteiger partial charge in [0, 0.05) is 35.8 Å². The monoisotopic (exact) mass is 134 g/mol. The summed E-state index contributed by atoms with van der Waals surface area (Å²) in [6.07, 6.45) is 1.45. The molecule has 1 heterocycles. The molecule has 43 valence electrons. The second kappa shape index (κ2) is 3.66. The van der Waals surface area contributed by atoms with Crippen LogP contribution in [0, 0.1) is 0 Å². The number of anilines is 1. The van der Waals surface area contributed by atoms with Crippen LogP contribution in [0.2, 0.25) is 0 Å². The van der Waals surface area contributed by atoms with E-state index in [-0.39, 0.29) is 35.4 Å². The summed E-state index contributed by atoms with van der Waals surface area (Å²) in [6.45, 7) is 0. The molecule has 0 bridgehead atoms. The summed E-state index contributed by atoms with van der Waals surface area (Å²) in [5.41, 5.74) is 4.72. The minimum atomic E-state index is -0.412. The molecule has 1 aromatic heterocycles. The Morgan fingerprint density at radius 3 is 2.67 bits per heavy atom. The van der Waals surface area contributed by atoms with Crippen LogP contribution in [0.1, 0.15) is 0 Å². The quantitative estimate of drug-likeness (QED) is 0.446. The minimum absolute atomic E-state index is 0. The van der Waals surface area contributed by atoms with Gasteiger partial charge in [-0.15, -0.1) is 0 Å². The van der Waals surface area contributed by atoms with Gasteiger partial charge in [-0.1, -0.05) is 0 Å². The molecule has 0 aliphatic carbocycles. The molecule has 0 saturated heterocycles. The maximum atomic E-state index is 10.2. The molecule has 9 heavy (non-hydrogen) atoms. The van der Waals surface area contributed by atoms with Gasteiger partial charge in [0.2, 0.25) is 0 Å². The SMILES string of the molecule is Nc1cc[nH]c(=O)n1.[Na]. The van der Waals surface area contributed by atoms with Gasteiger partial charge in [0.1, 0.15) is 5.82 Å². The van der Waals surface area contributed by atoms with Crippen molar-refractivity contribution in [2.45, 2.75) is 0 Å². The number of hydrogen-bond acceptors (Lipinski definition) is 3. The van der Waals surface area contributed by atoms with E-state index in [1.807, 2.05) is 0 Å². The minimum Gasteiger partial charge on any atom is -0.383 e. The zero-order chi connectivity index (χ0) is 5.98. The van der Waals surface area contributed by atoms with Crippen molar-refractivity contribution >= 4 is 35.4 Å². The van der Waals surface area contributed by atoms with Crippen molar-refractivity contribution < 1.29 is 0 Å². The fourth-order valence-corrected chi connectivity index (χ4v) is 0.385. The number of nitrogens with one attached hydrogen (secondary N) is 1. The van der Waals surface area contributed by atoms with Crippen molar-refractivity contribution in [2.75, 3.05) is 5.73 Å². The van der Waals surface area contributed by atoms with Gasteiger partial charge in [0.15, 0.2) is 0 Å². The molecule has 3 N–H and O–H groups in total. The van der Waals surface area contributed by atoms with Gasteiger partial charge in [-0.3, -0.25) is 0 Å².